The molecule has 0 bridgehead atoms. The van der Waals surface area contributed by atoms with Gasteiger partial charge in [-0.1, -0.05) is 0 Å². The SMILES string of the molecule is CCOC(=O)c1nc2c(Br)cc(C3CC3)cn2n1. The summed E-state index contributed by atoms with van der Waals surface area (Å²) in [6, 6.07) is 2.05. The predicted octanol–water partition coefficient (Wildman–Crippen LogP) is 2.55. The first-order valence-electron chi connectivity index (χ1n) is 5.92. The fourth-order valence-electron chi connectivity index (χ4n) is 1.89. The van der Waals surface area contributed by atoms with Crippen molar-refractivity contribution in [3.05, 3.63) is 28.1 Å². The molecule has 0 aliphatic heterocycles. The number of carbonyl (C=O) groups excluding carboxylic acids is 1. The molecular weight excluding hydrogens is 298 g/mol. The van der Waals surface area contributed by atoms with Gasteiger partial charge in [0.15, 0.2) is 5.65 Å². The highest BCUT2D eigenvalue weighted by Crippen LogP contribution is 2.41. The number of hydrogen-bond acceptors (Lipinski definition) is 4. The lowest BCUT2D eigenvalue weighted by atomic mass is 10.2. The van der Waals surface area contributed by atoms with Gasteiger partial charge in [0, 0.05) is 6.20 Å². The maximum Gasteiger partial charge on any atom is 0.378 e. The number of nitrogens with zero attached hydrogens (tertiary/aromatic N) is 3. The van der Waals surface area contributed by atoms with Crippen LogP contribution >= 0.6 is 15.9 Å². The maximum atomic E-state index is 11.6. The van der Waals surface area contributed by atoms with E-state index in [2.05, 4.69) is 32.1 Å². The quantitative estimate of drug-likeness (QED) is 0.818. The number of esters is 1. The second-order valence-corrected chi connectivity index (χ2v) is 5.17. The Morgan fingerprint density at radius 2 is 2.39 bits per heavy atom. The van der Waals surface area contributed by atoms with E-state index in [1.54, 1.807) is 11.4 Å². The van der Waals surface area contributed by atoms with Crippen LogP contribution in [0.15, 0.2) is 16.7 Å². The second kappa shape index (κ2) is 4.35. The minimum absolute atomic E-state index is 0.102. The fraction of sp³-hybridized carbons (Fsp3) is 0.417. The van der Waals surface area contributed by atoms with Crippen molar-refractivity contribution in [1.82, 2.24) is 14.6 Å². The van der Waals surface area contributed by atoms with Crippen LogP contribution in [0.5, 0.6) is 0 Å². The average molecular weight is 310 g/mol. The van der Waals surface area contributed by atoms with Crippen molar-refractivity contribution in [2.24, 2.45) is 0 Å². The van der Waals surface area contributed by atoms with E-state index < -0.39 is 5.97 Å². The number of carbonyl (C=O) groups is 1. The van der Waals surface area contributed by atoms with Gasteiger partial charge in [0.25, 0.3) is 5.82 Å². The van der Waals surface area contributed by atoms with Crippen LogP contribution in [0, 0.1) is 0 Å². The van der Waals surface area contributed by atoms with Crippen LogP contribution in [0.2, 0.25) is 0 Å². The summed E-state index contributed by atoms with van der Waals surface area (Å²) in [5, 5.41) is 4.16. The van der Waals surface area contributed by atoms with Crippen molar-refractivity contribution in [3.63, 3.8) is 0 Å². The lowest BCUT2D eigenvalue weighted by molar-refractivity contribution is 0.0512. The van der Waals surface area contributed by atoms with Gasteiger partial charge in [-0.2, -0.15) is 4.98 Å². The monoisotopic (exact) mass is 309 g/mol. The molecule has 18 heavy (non-hydrogen) atoms. The minimum Gasteiger partial charge on any atom is -0.460 e. The molecule has 94 valence electrons. The van der Waals surface area contributed by atoms with Crippen LogP contribution < -0.4 is 0 Å². The number of halogens is 1. The van der Waals surface area contributed by atoms with E-state index in [9.17, 15) is 4.79 Å². The first-order valence-corrected chi connectivity index (χ1v) is 6.71. The third-order valence-electron chi connectivity index (χ3n) is 2.92. The van der Waals surface area contributed by atoms with Gasteiger partial charge in [0.1, 0.15) is 0 Å². The van der Waals surface area contributed by atoms with E-state index >= 15 is 0 Å². The van der Waals surface area contributed by atoms with E-state index in [0.717, 1.165) is 4.47 Å². The molecule has 1 fully saturated rings. The summed E-state index contributed by atoms with van der Waals surface area (Å²) < 4.78 is 7.39. The summed E-state index contributed by atoms with van der Waals surface area (Å²) in [6.45, 7) is 2.08. The number of pyridine rings is 1. The molecule has 0 amide bonds. The fourth-order valence-corrected chi connectivity index (χ4v) is 2.42. The Morgan fingerprint density at radius 3 is 3.06 bits per heavy atom. The Morgan fingerprint density at radius 1 is 1.61 bits per heavy atom. The van der Waals surface area contributed by atoms with Gasteiger partial charge >= 0.3 is 5.97 Å². The average Bonchev–Trinajstić information content (AvgIpc) is 3.09. The molecule has 1 aliphatic carbocycles. The highest BCUT2D eigenvalue weighted by atomic mass is 79.9. The molecule has 2 heterocycles. The Hall–Kier alpha value is -1.43. The normalized spacial score (nSPS) is 15.0. The molecule has 0 atom stereocenters. The van der Waals surface area contributed by atoms with Gasteiger partial charge in [-0.15, -0.1) is 5.10 Å². The molecule has 0 spiro atoms. The van der Waals surface area contributed by atoms with Gasteiger partial charge in [0.2, 0.25) is 0 Å². The Balaban J connectivity index is 2.05. The zero-order valence-corrected chi connectivity index (χ0v) is 11.5. The molecule has 3 rings (SSSR count). The molecule has 5 nitrogen and oxygen atoms in total. The van der Waals surface area contributed by atoms with Crippen LogP contribution in [-0.4, -0.2) is 27.2 Å². The van der Waals surface area contributed by atoms with Crippen molar-refractivity contribution in [2.45, 2.75) is 25.7 Å². The summed E-state index contributed by atoms with van der Waals surface area (Å²) in [4.78, 5) is 15.8. The molecule has 2 aromatic heterocycles. The standard InChI is InChI=1S/C12H12BrN3O2/c1-2-18-12(17)10-14-11-9(13)5-8(7-3-4-7)6-16(11)15-10/h5-7H,2-4H2,1H3. The third-order valence-corrected chi connectivity index (χ3v) is 3.50. The van der Waals surface area contributed by atoms with E-state index in [1.807, 2.05) is 6.20 Å². The molecule has 2 aromatic rings. The molecule has 0 unspecified atom stereocenters. The highest BCUT2D eigenvalue weighted by molar-refractivity contribution is 9.10. The zero-order chi connectivity index (χ0) is 12.7. The van der Waals surface area contributed by atoms with Crippen LogP contribution in [0.1, 0.15) is 41.9 Å². The van der Waals surface area contributed by atoms with Crippen molar-refractivity contribution in [1.29, 1.82) is 0 Å². The molecular formula is C12H12BrN3O2. The number of ether oxygens (including phenoxy) is 1. The number of hydrogen-bond donors (Lipinski definition) is 0. The van der Waals surface area contributed by atoms with Gasteiger partial charge in [0.05, 0.1) is 11.1 Å². The highest BCUT2D eigenvalue weighted by Gasteiger charge is 2.25. The Kier molecular flexibility index (Phi) is 2.81. The summed E-state index contributed by atoms with van der Waals surface area (Å²) in [5.41, 5.74) is 1.87. The van der Waals surface area contributed by atoms with E-state index in [1.165, 1.54) is 18.4 Å². The second-order valence-electron chi connectivity index (χ2n) is 4.32. The first-order chi connectivity index (χ1) is 8.69. The molecule has 1 aliphatic rings. The molecule has 0 radical (unpaired) electrons. The largest absolute Gasteiger partial charge is 0.460 e. The van der Waals surface area contributed by atoms with Crippen LogP contribution in [0.3, 0.4) is 0 Å². The molecule has 0 saturated heterocycles. The van der Waals surface area contributed by atoms with Gasteiger partial charge in [-0.25, -0.2) is 9.31 Å². The minimum atomic E-state index is -0.485. The van der Waals surface area contributed by atoms with E-state index in [-0.39, 0.29) is 5.82 Å². The van der Waals surface area contributed by atoms with Crippen molar-refractivity contribution < 1.29 is 9.53 Å². The number of aromatic nitrogens is 3. The van der Waals surface area contributed by atoms with Crippen molar-refractivity contribution in [2.75, 3.05) is 6.61 Å². The predicted molar refractivity (Wildman–Crippen MR) is 68.6 cm³/mol. The van der Waals surface area contributed by atoms with E-state index in [0.29, 0.717) is 18.2 Å². The summed E-state index contributed by atoms with van der Waals surface area (Å²) >= 11 is 3.47. The topological polar surface area (TPSA) is 56.5 Å². The summed E-state index contributed by atoms with van der Waals surface area (Å²) in [6.07, 6.45) is 4.38. The lowest BCUT2D eigenvalue weighted by Gasteiger charge is -2.00. The van der Waals surface area contributed by atoms with Crippen LogP contribution in [0.4, 0.5) is 0 Å². The van der Waals surface area contributed by atoms with Gasteiger partial charge in [-0.3, -0.25) is 0 Å². The molecule has 6 heteroatoms. The van der Waals surface area contributed by atoms with Gasteiger partial charge in [-0.05, 0) is 53.2 Å². The molecule has 0 N–H and O–H groups in total. The van der Waals surface area contributed by atoms with Crippen LogP contribution in [-0.2, 0) is 4.74 Å². The third kappa shape index (κ3) is 2.01. The lowest BCUT2D eigenvalue weighted by Crippen LogP contribution is -2.06. The molecule has 0 aromatic carbocycles. The number of fused-ring (bicyclic) bond motifs is 1. The van der Waals surface area contributed by atoms with Crippen LogP contribution in [0.25, 0.3) is 5.65 Å². The molecule has 1 saturated carbocycles. The van der Waals surface area contributed by atoms with E-state index in [4.69, 9.17) is 4.74 Å². The Labute approximate surface area is 112 Å². The summed E-state index contributed by atoms with van der Waals surface area (Å²) in [5.74, 6) is 0.243. The van der Waals surface area contributed by atoms with Crippen molar-refractivity contribution in [3.8, 4) is 0 Å². The smallest absolute Gasteiger partial charge is 0.378 e. The van der Waals surface area contributed by atoms with Gasteiger partial charge < -0.3 is 4.74 Å². The van der Waals surface area contributed by atoms with Crippen molar-refractivity contribution >= 4 is 27.5 Å². The zero-order valence-electron chi connectivity index (χ0n) is 9.89. The first kappa shape index (κ1) is 11.6. The number of rotatable bonds is 3. The maximum absolute atomic E-state index is 11.6. The Bertz CT molecular complexity index is 619. The summed E-state index contributed by atoms with van der Waals surface area (Å²) in [7, 11) is 0.